The zero-order valence-electron chi connectivity index (χ0n) is 13.4. The Morgan fingerprint density at radius 1 is 0.630 bits per heavy atom. The normalized spacial score (nSPS) is 11.6. The molecule has 1 rings (SSSR count). The van der Waals surface area contributed by atoms with Crippen molar-refractivity contribution in [3.05, 3.63) is 24.3 Å². The minimum absolute atomic E-state index is 0. The van der Waals surface area contributed by atoms with Gasteiger partial charge in [0.25, 0.3) is 0 Å². The van der Waals surface area contributed by atoms with Crippen molar-refractivity contribution in [3.8, 4) is 0 Å². The van der Waals surface area contributed by atoms with Crippen molar-refractivity contribution in [1.29, 1.82) is 0 Å². The molecule has 0 aromatic rings. The van der Waals surface area contributed by atoms with E-state index in [1.54, 1.807) is 0 Å². The van der Waals surface area contributed by atoms with Gasteiger partial charge in [0.05, 0.1) is 0 Å². The molecular weight excluding hydrogens is 618 g/mol. The van der Waals surface area contributed by atoms with E-state index in [1.165, 1.54) is 0 Å². The summed E-state index contributed by atoms with van der Waals surface area (Å²) in [6.45, 7) is 0. The van der Waals surface area contributed by atoms with Gasteiger partial charge in [-0.25, -0.2) is 16.8 Å². The molecule has 0 radical (unpaired) electrons. The van der Waals surface area contributed by atoms with Gasteiger partial charge in [-0.2, -0.15) is 26.3 Å². The van der Waals surface area contributed by atoms with Crippen LogP contribution in [0.2, 0.25) is 0 Å². The van der Waals surface area contributed by atoms with Crippen LogP contribution in [0.3, 0.4) is 0 Å². The third-order valence-electron chi connectivity index (χ3n) is 1.22. The fourth-order valence-electron chi connectivity index (χ4n) is 0.393. The third-order valence-corrected chi connectivity index (χ3v) is 2.36. The van der Waals surface area contributed by atoms with E-state index in [1.807, 2.05) is 0 Å². The van der Waals surface area contributed by atoms with Crippen LogP contribution in [0.1, 0.15) is 6.42 Å². The van der Waals surface area contributed by atoms with Gasteiger partial charge in [-0.05, 0) is 6.42 Å². The first kappa shape index (κ1) is 50.3. The van der Waals surface area contributed by atoms with Crippen molar-refractivity contribution >= 4 is 20.2 Å². The first-order chi connectivity index (χ1) is 9.00. The van der Waals surface area contributed by atoms with Gasteiger partial charge in [-0.1, -0.05) is 24.3 Å². The van der Waals surface area contributed by atoms with E-state index in [2.05, 4.69) is 24.3 Å². The summed E-state index contributed by atoms with van der Waals surface area (Å²) in [6.07, 6.45) is 9.50. The predicted molar refractivity (Wildman–Crippen MR) is 79.5 cm³/mol. The molecule has 0 aromatic heterocycles. The van der Waals surface area contributed by atoms with Gasteiger partial charge in [0.15, 0.2) is 20.2 Å². The number of rotatable bonds is 0. The molecule has 172 valence electrons. The first-order valence-electron chi connectivity index (χ1n) is 4.36. The molecule has 0 heterocycles. The summed E-state index contributed by atoms with van der Waals surface area (Å²) in [4.78, 5) is 0. The Hall–Kier alpha value is -0.684. The maximum atomic E-state index is 10.7. The summed E-state index contributed by atoms with van der Waals surface area (Å²) >= 11 is 0. The predicted octanol–water partition coefficient (Wildman–Crippen LogP) is 2.41. The van der Waals surface area contributed by atoms with E-state index in [4.69, 9.17) is 25.9 Å². The van der Waals surface area contributed by atoms with E-state index in [9.17, 15) is 26.3 Å². The zero-order valence-corrected chi connectivity index (χ0v) is 17.6. The molecule has 0 aromatic carbocycles. The van der Waals surface area contributed by atoms with E-state index in [-0.39, 0.29) is 50.5 Å². The molecule has 1 aliphatic rings. The van der Waals surface area contributed by atoms with Crippen LogP contribution in [0.5, 0.6) is 0 Å². The second-order valence-electron chi connectivity index (χ2n) is 2.89. The molecule has 27 heavy (non-hydrogen) atoms. The zero-order chi connectivity index (χ0) is 17.5. The number of allylic oxidation sites excluding steroid dienone is 4. The van der Waals surface area contributed by atoms with Gasteiger partial charge < -0.3 is 39.9 Å². The fraction of sp³-hybridized carbons (Fsp3) is 0.429. The van der Waals surface area contributed by atoms with Crippen molar-refractivity contribution < 1.29 is 72.1 Å². The van der Waals surface area contributed by atoms with Gasteiger partial charge in [0, 0.05) is 0 Å². The Morgan fingerprint density at radius 3 is 0.815 bits per heavy atom. The van der Waals surface area contributed by atoms with E-state index in [0.717, 1.165) is 6.42 Å². The van der Waals surface area contributed by atoms with Gasteiger partial charge >= 0.3 is 30.8 Å². The van der Waals surface area contributed by atoms with E-state index < -0.39 is 31.3 Å². The summed E-state index contributed by atoms with van der Waals surface area (Å²) in [5.41, 5.74) is -11.3. The van der Waals surface area contributed by atoms with Crippen molar-refractivity contribution in [2.45, 2.75) is 17.4 Å². The number of alkyl halides is 6. The smallest absolute Gasteiger partial charge is 0.741 e. The summed E-state index contributed by atoms with van der Waals surface area (Å²) in [5.74, 6) is 0. The molecule has 0 atom stereocenters. The van der Waals surface area contributed by atoms with Crippen molar-refractivity contribution in [2.75, 3.05) is 0 Å². The number of halogens is 6. The molecule has 0 amide bonds. The molecule has 0 saturated heterocycles. The average Bonchev–Trinajstić information content (AvgIpc) is 2.68. The van der Waals surface area contributed by atoms with Crippen LogP contribution in [-0.2, 0) is 40.0 Å². The van der Waals surface area contributed by atoms with Crippen molar-refractivity contribution in [2.24, 2.45) is 0 Å². The van der Waals surface area contributed by atoms with Crippen LogP contribution in [-0.4, -0.2) is 37.0 Å². The van der Waals surface area contributed by atoms with E-state index in [0.29, 0.717) is 0 Å². The average molecular weight is 640 g/mol. The molecule has 0 spiro atoms. The summed E-state index contributed by atoms with van der Waals surface area (Å²) < 4.78 is 118. The Kier molecular flexibility index (Phi) is 34.8. The van der Waals surface area contributed by atoms with Crippen LogP contribution in [0.15, 0.2) is 24.3 Å². The fourth-order valence-corrected chi connectivity index (χ4v) is 0.393. The molecule has 11 nitrogen and oxygen atoms in total. The topological polar surface area (TPSA) is 289 Å². The van der Waals surface area contributed by atoms with Crippen LogP contribution in [0.4, 0.5) is 26.3 Å². The molecule has 15 N–H and O–H groups in total. The molecule has 0 fully saturated rings. The second kappa shape index (κ2) is 18.7. The van der Waals surface area contributed by atoms with Gasteiger partial charge in [-0.3, -0.25) is 0 Å². The van der Waals surface area contributed by atoms with E-state index >= 15 is 0 Å². The van der Waals surface area contributed by atoms with Crippen LogP contribution in [0, 0.1) is 0 Å². The molecule has 20 heteroatoms. The summed E-state index contributed by atoms with van der Waals surface area (Å²) in [6, 6.07) is 0. The molecule has 1 aliphatic carbocycles. The Balaban J connectivity index is -0.0000000305. The Labute approximate surface area is 165 Å². The van der Waals surface area contributed by atoms with Crippen molar-refractivity contribution in [1.82, 2.24) is 30.8 Å². The van der Waals surface area contributed by atoms with Crippen LogP contribution in [0.25, 0.3) is 0 Å². The van der Waals surface area contributed by atoms with Crippen LogP contribution < -0.4 is 30.8 Å². The first-order valence-corrected chi connectivity index (χ1v) is 7.18. The van der Waals surface area contributed by atoms with Gasteiger partial charge in [-0.15, -0.1) is 0 Å². The summed E-state index contributed by atoms with van der Waals surface area (Å²) in [5, 5.41) is 0. The molecular formula is C7H21F6N5O6OsS2. The largest absolute Gasteiger partial charge is 2.00 e. The quantitative estimate of drug-likeness (QED) is 0.146. The minimum Gasteiger partial charge on any atom is -0.741 e. The van der Waals surface area contributed by atoms with Crippen LogP contribution >= 0.6 is 0 Å². The molecule has 0 unspecified atom stereocenters. The minimum atomic E-state index is -6.09. The molecule has 0 aliphatic heterocycles. The monoisotopic (exact) mass is 641 g/mol. The SMILES string of the molecule is C1=CCC=C1.N.N.N.N.N.O=S(=O)([O-])C(F)(F)F.O=S(=O)([O-])C(F)(F)F.[Os+2]. The Bertz CT molecular complexity index is 540. The van der Waals surface area contributed by atoms with Gasteiger partial charge in [0.1, 0.15) is 0 Å². The molecule has 0 saturated carbocycles. The summed E-state index contributed by atoms with van der Waals surface area (Å²) in [7, 11) is -12.2. The third kappa shape index (κ3) is 27.6. The standard InChI is InChI=1S/C5H6.2CHF3O3S.5H3N.Os/c1-2-4-5-3-1;2*2-1(3,4)8(5,6)7;;;;;;/h1-4H,5H2;2*(H,5,6,7);5*1H3;/q;;;;;;;;+2/p-2. The van der Waals surface area contributed by atoms with Gasteiger partial charge in [0.2, 0.25) is 0 Å². The Morgan fingerprint density at radius 2 is 0.778 bits per heavy atom. The maximum Gasteiger partial charge on any atom is 2.00 e. The van der Waals surface area contributed by atoms with Crippen molar-refractivity contribution in [3.63, 3.8) is 0 Å². The molecule has 0 bridgehead atoms. The number of hydrogen-bond acceptors (Lipinski definition) is 11. The second-order valence-corrected chi connectivity index (χ2v) is 5.63. The maximum absolute atomic E-state index is 10.7. The number of hydrogen-bond donors (Lipinski definition) is 5.